The fourth-order valence-corrected chi connectivity index (χ4v) is 1.04. The number of aliphatic carboxylic acids is 1. The van der Waals surface area contributed by atoms with Gasteiger partial charge < -0.3 is 15.3 Å². The lowest BCUT2D eigenvalue weighted by molar-refractivity contribution is -0.132. The van der Waals surface area contributed by atoms with Gasteiger partial charge in [0, 0.05) is 6.42 Å². The van der Waals surface area contributed by atoms with Gasteiger partial charge in [-0.2, -0.15) is 0 Å². The number of carboxylic acids is 1. The van der Waals surface area contributed by atoms with Crippen molar-refractivity contribution in [3.63, 3.8) is 0 Å². The highest BCUT2D eigenvalue weighted by molar-refractivity contribution is 5.86. The Hall–Kier alpha value is -1.97. The van der Waals surface area contributed by atoms with Gasteiger partial charge in [-0.25, -0.2) is 4.79 Å². The van der Waals surface area contributed by atoms with E-state index in [1.165, 1.54) is 6.07 Å². The van der Waals surface area contributed by atoms with Crippen LogP contribution in [0.2, 0.25) is 0 Å². The lowest BCUT2D eigenvalue weighted by atomic mass is 10.1. The normalized spacial score (nSPS) is 11.3. The molecule has 74 valence electrons. The molecule has 0 aliphatic carbocycles. The number of hydrogen-bond donors (Lipinski definition) is 3. The zero-order chi connectivity index (χ0) is 10.6. The summed E-state index contributed by atoms with van der Waals surface area (Å²) in [7, 11) is 0. The molecule has 0 atom stereocenters. The van der Waals surface area contributed by atoms with Crippen molar-refractivity contribution in [1.82, 2.24) is 0 Å². The van der Waals surface area contributed by atoms with Crippen molar-refractivity contribution in [3.05, 3.63) is 41.7 Å². The van der Waals surface area contributed by atoms with E-state index in [1.54, 1.807) is 18.2 Å². The summed E-state index contributed by atoms with van der Waals surface area (Å²) in [6.07, 6.45) is 0.535. The maximum atomic E-state index is 10.5. The van der Waals surface area contributed by atoms with E-state index in [4.69, 9.17) is 10.2 Å². The van der Waals surface area contributed by atoms with Crippen LogP contribution in [0.4, 0.5) is 0 Å². The molecule has 4 nitrogen and oxygen atoms in total. The molecule has 4 heteroatoms. The second-order valence-corrected chi connectivity index (χ2v) is 2.76. The second kappa shape index (κ2) is 4.32. The predicted octanol–water partition coefficient (Wildman–Crippen LogP) is 1.46. The van der Waals surface area contributed by atoms with Crippen LogP contribution in [-0.4, -0.2) is 21.3 Å². The molecule has 0 aliphatic rings. The molecule has 0 radical (unpaired) electrons. The molecule has 0 heterocycles. The monoisotopic (exact) mass is 194 g/mol. The van der Waals surface area contributed by atoms with Crippen LogP contribution in [-0.2, 0) is 11.2 Å². The highest BCUT2D eigenvalue weighted by atomic mass is 16.4. The van der Waals surface area contributed by atoms with E-state index in [-0.39, 0.29) is 17.7 Å². The van der Waals surface area contributed by atoms with E-state index < -0.39 is 5.97 Å². The Bertz CT molecular complexity index is 368. The number of para-hydroxylation sites is 1. The van der Waals surface area contributed by atoms with Crippen LogP contribution in [0.1, 0.15) is 5.56 Å². The van der Waals surface area contributed by atoms with Crippen LogP contribution < -0.4 is 0 Å². The molecule has 14 heavy (non-hydrogen) atoms. The SMILES string of the molecule is O=C(O)C(=CO)Cc1ccccc1O. The minimum atomic E-state index is -1.20. The van der Waals surface area contributed by atoms with Crippen LogP contribution in [0.5, 0.6) is 5.75 Å². The Morgan fingerprint density at radius 2 is 2.00 bits per heavy atom. The van der Waals surface area contributed by atoms with Gasteiger partial charge in [0.2, 0.25) is 0 Å². The molecule has 3 N–H and O–H groups in total. The molecule has 0 fully saturated rings. The molecule has 1 aromatic carbocycles. The number of phenolic OH excluding ortho intramolecular Hbond substituents is 1. The Labute approximate surface area is 80.7 Å². The Morgan fingerprint density at radius 1 is 1.36 bits per heavy atom. The smallest absolute Gasteiger partial charge is 0.335 e. The lowest BCUT2D eigenvalue weighted by Gasteiger charge is -2.03. The standard InChI is InChI=1S/C10H10O4/c11-6-8(10(13)14)5-7-3-1-2-4-9(7)12/h1-4,6,11-12H,5H2,(H,13,14). The van der Waals surface area contributed by atoms with Crippen molar-refractivity contribution in [2.24, 2.45) is 0 Å². The van der Waals surface area contributed by atoms with Gasteiger partial charge in [0.05, 0.1) is 11.8 Å². The average molecular weight is 194 g/mol. The number of carbonyl (C=O) groups is 1. The van der Waals surface area contributed by atoms with Gasteiger partial charge in [-0.1, -0.05) is 18.2 Å². The van der Waals surface area contributed by atoms with E-state index in [0.29, 0.717) is 11.8 Å². The molecule has 0 saturated heterocycles. The third-order valence-electron chi connectivity index (χ3n) is 1.80. The van der Waals surface area contributed by atoms with Gasteiger partial charge in [-0.15, -0.1) is 0 Å². The average Bonchev–Trinajstić information content (AvgIpc) is 2.16. The van der Waals surface area contributed by atoms with Crippen LogP contribution in [0.15, 0.2) is 36.1 Å². The number of aromatic hydroxyl groups is 1. The number of aliphatic hydroxyl groups excluding tert-OH is 1. The number of aliphatic hydroxyl groups is 1. The number of hydrogen-bond acceptors (Lipinski definition) is 3. The number of rotatable bonds is 3. The highest BCUT2D eigenvalue weighted by Crippen LogP contribution is 2.19. The number of phenols is 1. The number of benzene rings is 1. The summed E-state index contributed by atoms with van der Waals surface area (Å²) < 4.78 is 0. The first-order valence-corrected chi connectivity index (χ1v) is 3.98. The molecule has 0 bridgehead atoms. The van der Waals surface area contributed by atoms with Gasteiger partial charge in [-0.3, -0.25) is 0 Å². The van der Waals surface area contributed by atoms with Gasteiger partial charge >= 0.3 is 5.97 Å². The fraction of sp³-hybridized carbons (Fsp3) is 0.100. The summed E-state index contributed by atoms with van der Waals surface area (Å²) in [5, 5.41) is 26.6. The fourth-order valence-electron chi connectivity index (χ4n) is 1.04. The summed E-state index contributed by atoms with van der Waals surface area (Å²) in [6.45, 7) is 0. The molecule has 0 saturated carbocycles. The first kappa shape index (κ1) is 10.1. The molecule has 0 aliphatic heterocycles. The molecule has 0 unspecified atom stereocenters. The predicted molar refractivity (Wildman–Crippen MR) is 50.2 cm³/mol. The maximum absolute atomic E-state index is 10.5. The molecule has 0 spiro atoms. The molecule has 0 amide bonds. The topological polar surface area (TPSA) is 77.8 Å². The van der Waals surface area contributed by atoms with Crippen molar-refractivity contribution in [2.75, 3.05) is 0 Å². The summed E-state index contributed by atoms with van der Waals surface area (Å²) in [6, 6.07) is 6.39. The van der Waals surface area contributed by atoms with E-state index in [0.717, 1.165) is 0 Å². The third-order valence-corrected chi connectivity index (χ3v) is 1.80. The van der Waals surface area contributed by atoms with Gasteiger partial charge in [0.15, 0.2) is 0 Å². The van der Waals surface area contributed by atoms with E-state index >= 15 is 0 Å². The van der Waals surface area contributed by atoms with Crippen LogP contribution >= 0.6 is 0 Å². The highest BCUT2D eigenvalue weighted by Gasteiger charge is 2.10. The van der Waals surface area contributed by atoms with E-state index in [9.17, 15) is 9.90 Å². The van der Waals surface area contributed by atoms with Crippen molar-refractivity contribution in [1.29, 1.82) is 0 Å². The largest absolute Gasteiger partial charge is 0.515 e. The second-order valence-electron chi connectivity index (χ2n) is 2.76. The van der Waals surface area contributed by atoms with Gasteiger partial charge in [0.1, 0.15) is 5.75 Å². The molecular formula is C10H10O4. The molecule has 0 aromatic heterocycles. The van der Waals surface area contributed by atoms with Crippen molar-refractivity contribution in [2.45, 2.75) is 6.42 Å². The summed E-state index contributed by atoms with van der Waals surface area (Å²) >= 11 is 0. The molecule has 1 rings (SSSR count). The van der Waals surface area contributed by atoms with Crippen LogP contribution in [0, 0.1) is 0 Å². The van der Waals surface area contributed by atoms with Crippen molar-refractivity contribution >= 4 is 5.97 Å². The summed E-state index contributed by atoms with van der Waals surface area (Å²) in [4.78, 5) is 10.5. The third kappa shape index (κ3) is 2.26. The summed E-state index contributed by atoms with van der Waals surface area (Å²) in [5.41, 5.74) is 0.307. The quantitative estimate of drug-likeness (QED) is 0.502. The minimum absolute atomic E-state index is 0.00148. The van der Waals surface area contributed by atoms with Crippen molar-refractivity contribution in [3.8, 4) is 5.75 Å². The van der Waals surface area contributed by atoms with E-state index in [2.05, 4.69) is 0 Å². The Kier molecular flexibility index (Phi) is 3.12. The van der Waals surface area contributed by atoms with Crippen LogP contribution in [0.3, 0.4) is 0 Å². The first-order valence-electron chi connectivity index (χ1n) is 3.98. The zero-order valence-electron chi connectivity index (χ0n) is 7.34. The first-order chi connectivity index (χ1) is 6.65. The van der Waals surface area contributed by atoms with E-state index in [1.807, 2.05) is 0 Å². The minimum Gasteiger partial charge on any atom is -0.515 e. The maximum Gasteiger partial charge on any atom is 0.335 e. The zero-order valence-corrected chi connectivity index (χ0v) is 7.34. The van der Waals surface area contributed by atoms with Crippen molar-refractivity contribution < 1.29 is 20.1 Å². The molecule has 1 aromatic rings. The lowest BCUT2D eigenvalue weighted by Crippen LogP contribution is -2.03. The van der Waals surface area contributed by atoms with Gasteiger partial charge in [0.25, 0.3) is 0 Å². The number of carboxylic acid groups (broad SMARTS) is 1. The van der Waals surface area contributed by atoms with Gasteiger partial charge in [-0.05, 0) is 11.6 Å². The van der Waals surface area contributed by atoms with Crippen LogP contribution in [0.25, 0.3) is 0 Å². The Balaban J connectivity index is 2.88. The molecular weight excluding hydrogens is 184 g/mol. The Morgan fingerprint density at radius 3 is 2.50 bits per heavy atom. The summed E-state index contributed by atoms with van der Waals surface area (Å²) in [5.74, 6) is -1.18.